The highest BCUT2D eigenvalue weighted by molar-refractivity contribution is 5.79. The lowest BCUT2D eigenvalue weighted by Crippen LogP contribution is -2.52. The quantitative estimate of drug-likeness (QED) is 0.512. The molecule has 0 aliphatic carbocycles. The van der Waals surface area contributed by atoms with E-state index in [-0.39, 0.29) is 0 Å². The molecule has 1 aromatic rings. The van der Waals surface area contributed by atoms with Gasteiger partial charge in [0.2, 0.25) is 0 Å². The van der Waals surface area contributed by atoms with Gasteiger partial charge in [0.15, 0.2) is 5.96 Å². The van der Waals surface area contributed by atoms with Crippen molar-refractivity contribution in [3.63, 3.8) is 0 Å². The van der Waals surface area contributed by atoms with Crippen molar-refractivity contribution in [1.29, 1.82) is 0 Å². The Labute approximate surface area is 164 Å². The first-order valence-electron chi connectivity index (χ1n) is 10.1. The fourth-order valence-corrected chi connectivity index (χ4v) is 3.27. The lowest BCUT2D eigenvalue weighted by Gasteiger charge is -2.37. The van der Waals surface area contributed by atoms with Crippen LogP contribution in [0.2, 0.25) is 0 Å². The van der Waals surface area contributed by atoms with Gasteiger partial charge >= 0.3 is 0 Å². The van der Waals surface area contributed by atoms with Gasteiger partial charge in [0.05, 0.1) is 19.8 Å². The third-order valence-electron chi connectivity index (χ3n) is 4.82. The van der Waals surface area contributed by atoms with E-state index in [1.54, 1.807) is 0 Å². The molecule has 1 aliphatic heterocycles. The maximum Gasteiger partial charge on any atom is 0.191 e. The minimum atomic E-state index is 0.471. The molecule has 27 heavy (non-hydrogen) atoms. The zero-order valence-corrected chi connectivity index (χ0v) is 17.3. The average molecular weight is 377 g/mol. The molecule has 1 unspecified atom stereocenters. The lowest BCUT2D eigenvalue weighted by atomic mass is 10.0. The highest BCUT2D eigenvalue weighted by Crippen LogP contribution is 2.14. The second kappa shape index (κ2) is 11.8. The number of rotatable bonds is 9. The molecular formula is C21H36N4O2. The van der Waals surface area contributed by atoms with E-state index in [2.05, 4.69) is 53.4 Å². The smallest absolute Gasteiger partial charge is 0.191 e. The number of nitrogens with zero attached hydrogens (tertiary/aromatic N) is 2. The number of morpholine rings is 1. The van der Waals surface area contributed by atoms with Crippen molar-refractivity contribution in [3.8, 4) is 5.75 Å². The summed E-state index contributed by atoms with van der Waals surface area (Å²) in [6.07, 6.45) is 1.01. The van der Waals surface area contributed by atoms with E-state index < -0.39 is 0 Å². The van der Waals surface area contributed by atoms with Gasteiger partial charge in [-0.05, 0) is 30.0 Å². The van der Waals surface area contributed by atoms with Crippen molar-refractivity contribution in [2.45, 2.75) is 39.8 Å². The predicted octanol–water partition coefficient (Wildman–Crippen LogP) is 2.50. The standard InChI is InChI=1S/C21H36N4O2/c1-5-11-27-19-8-6-7-18(14-19)15-23-21(22-4)24-16-20(17(2)3)25-9-12-26-13-10-25/h6-8,14,17,20H,5,9-13,15-16H2,1-4H3,(H2,22,23,24). The number of benzene rings is 1. The Balaban J connectivity index is 1.84. The molecule has 0 amide bonds. The van der Waals surface area contributed by atoms with Gasteiger partial charge in [-0.25, -0.2) is 0 Å². The Bertz CT molecular complexity index is 571. The largest absolute Gasteiger partial charge is 0.494 e. The third-order valence-corrected chi connectivity index (χ3v) is 4.82. The van der Waals surface area contributed by atoms with Crippen molar-refractivity contribution in [3.05, 3.63) is 29.8 Å². The van der Waals surface area contributed by atoms with Gasteiger partial charge in [0, 0.05) is 39.3 Å². The number of hydrogen-bond donors (Lipinski definition) is 2. The topological polar surface area (TPSA) is 58.1 Å². The van der Waals surface area contributed by atoms with Crippen LogP contribution in [0.15, 0.2) is 29.3 Å². The van der Waals surface area contributed by atoms with Gasteiger partial charge in [0.25, 0.3) is 0 Å². The Morgan fingerprint density at radius 3 is 2.70 bits per heavy atom. The molecule has 152 valence electrons. The normalized spacial score (nSPS) is 17.0. The van der Waals surface area contributed by atoms with Gasteiger partial charge in [-0.2, -0.15) is 0 Å². The van der Waals surface area contributed by atoms with Crippen molar-refractivity contribution in [1.82, 2.24) is 15.5 Å². The Morgan fingerprint density at radius 1 is 1.26 bits per heavy atom. The number of aliphatic imine (C=N–C) groups is 1. The zero-order chi connectivity index (χ0) is 19.5. The SMILES string of the molecule is CCCOc1cccc(CNC(=NC)NCC(C(C)C)N2CCOCC2)c1. The Hall–Kier alpha value is -1.79. The monoisotopic (exact) mass is 376 g/mol. The maximum atomic E-state index is 5.71. The molecule has 0 aromatic heterocycles. The zero-order valence-electron chi connectivity index (χ0n) is 17.3. The van der Waals surface area contributed by atoms with Gasteiger partial charge in [-0.15, -0.1) is 0 Å². The lowest BCUT2D eigenvalue weighted by molar-refractivity contribution is 0.00752. The number of hydrogen-bond acceptors (Lipinski definition) is 4. The molecule has 2 N–H and O–H groups in total. The van der Waals surface area contributed by atoms with E-state index in [4.69, 9.17) is 9.47 Å². The Morgan fingerprint density at radius 2 is 2.04 bits per heavy atom. The van der Waals surface area contributed by atoms with Gasteiger partial charge in [0.1, 0.15) is 5.75 Å². The average Bonchev–Trinajstić information content (AvgIpc) is 2.69. The molecule has 6 heteroatoms. The van der Waals surface area contributed by atoms with Gasteiger partial charge in [-0.3, -0.25) is 9.89 Å². The molecule has 1 aliphatic rings. The van der Waals surface area contributed by atoms with Crippen LogP contribution >= 0.6 is 0 Å². The number of ether oxygens (including phenoxy) is 2. The molecule has 0 spiro atoms. The second-order valence-electron chi connectivity index (χ2n) is 7.26. The van der Waals surface area contributed by atoms with Crippen LogP contribution in [0.25, 0.3) is 0 Å². The first-order chi connectivity index (χ1) is 13.1. The summed E-state index contributed by atoms with van der Waals surface area (Å²) in [7, 11) is 1.81. The minimum absolute atomic E-state index is 0.471. The van der Waals surface area contributed by atoms with E-state index in [0.29, 0.717) is 18.5 Å². The summed E-state index contributed by atoms with van der Waals surface area (Å²) in [5, 5.41) is 6.90. The molecule has 1 atom stereocenters. The van der Waals surface area contributed by atoms with Crippen LogP contribution in [0.4, 0.5) is 0 Å². The van der Waals surface area contributed by atoms with Crippen LogP contribution in [-0.2, 0) is 11.3 Å². The fraction of sp³-hybridized carbons (Fsp3) is 0.667. The van der Waals surface area contributed by atoms with Crippen LogP contribution in [0.5, 0.6) is 5.75 Å². The first-order valence-corrected chi connectivity index (χ1v) is 10.1. The summed E-state index contributed by atoms with van der Waals surface area (Å²) in [6.45, 7) is 12.7. The predicted molar refractivity (Wildman–Crippen MR) is 111 cm³/mol. The van der Waals surface area contributed by atoms with Crippen LogP contribution in [0.1, 0.15) is 32.8 Å². The summed E-state index contributed by atoms with van der Waals surface area (Å²) >= 11 is 0. The molecule has 2 rings (SSSR count). The summed E-state index contributed by atoms with van der Waals surface area (Å²) < 4.78 is 11.2. The van der Waals surface area contributed by atoms with Crippen molar-refractivity contribution >= 4 is 5.96 Å². The summed E-state index contributed by atoms with van der Waals surface area (Å²) in [5.74, 6) is 2.32. The summed E-state index contributed by atoms with van der Waals surface area (Å²) in [6, 6.07) is 8.69. The van der Waals surface area contributed by atoms with Crippen molar-refractivity contribution in [2.24, 2.45) is 10.9 Å². The second-order valence-corrected chi connectivity index (χ2v) is 7.26. The van der Waals surface area contributed by atoms with E-state index in [0.717, 1.165) is 57.6 Å². The van der Waals surface area contributed by atoms with E-state index in [9.17, 15) is 0 Å². The summed E-state index contributed by atoms with van der Waals surface area (Å²) in [4.78, 5) is 6.89. The molecule has 0 saturated carbocycles. The molecule has 1 aromatic carbocycles. The van der Waals surface area contributed by atoms with Crippen LogP contribution in [0, 0.1) is 5.92 Å². The van der Waals surface area contributed by atoms with Gasteiger partial charge in [-0.1, -0.05) is 32.9 Å². The minimum Gasteiger partial charge on any atom is -0.494 e. The first kappa shape index (κ1) is 21.5. The molecule has 0 bridgehead atoms. The molecule has 0 radical (unpaired) electrons. The van der Waals surface area contributed by atoms with Crippen molar-refractivity contribution < 1.29 is 9.47 Å². The third kappa shape index (κ3) is 7.39. The molecule has 6 nitrogen and oxygen atoms in total. The molecular weight excluding hydrogens is 340 g/mol. The van der Waals surface area contributed by atoms with Crippen LogP contribution in [0.3, 0.4) is 0 Å². The van der Waals surface area contributed by atoms with Crippen LogP contribution < -0.4 is 15.4 Å². The maximum absolute atomic E-state index is 5.71. The Kier molecular flexibility index (Phi) is 9.42. The van der Waals surface area contributed by atoms with E-state index >= 15 is 0 Å². The molecule has 1 heterocycles. The highest BCUT2D eigenvalue weighted by atomic mass is 16.5. The van der Waals surface area contributed by atoms with E-state index in [1.807, 2.05) is 19.2 Å². The molecule has 1 saturated heterocycles. The fourth-order valence-electron chi connectivity index (χ4n) is 3.27. The highest BCUT2D eigenvalue weighted by Gasteiger charge is 2.23. The molecule has 1 fully saturated rings. The number of guanidine groups is 1. The van der Waals surface area contributed by atoms with Gasteiger partial charge < -0.3 is 20.1 Å². The van der Waals surface area contributed by atoms with Crippen LogP contribution in [-0.4, -0.2) is 63.4 Å². The number of nitrogens with one attached hydrogen (secondary N) is 2. The summed E-state index contributed by atoms with van der Waals surface area (Å²) in [5.41, 5.74) is 1.18. The van der Waals surface area contributed by atoms with Crippen molar-refractivity contribution in [2.75, 3.05) is 46.5 Å². The van der Waals surface area contributed by atoms with E-state index in [1.165, 1.54) is 5.56 Å².